The largest absolute Gasteiger partial charge is 0.493 e. The molecule has 2 aliphatic heterocycles. The molecule has 1 aromatic carbocycles. The van der Waals surface area contributed by atoms with Gasteiger partial charge < -0.3 is 25.1 Å². The number of benzene rings is 1. The Balaban J connectivity index is 1.86. The summed E-state index contributed by atoms with van der Waals surface area (Å²) >= 11 is 0. The first-order valence-electron chi connectivity index (χ1n) is 10.9. The van der Waals surface area contributed by atoms with Crippen molar-refractivity contribution in [3.63, 3.8) is 0 Å². The summed E-state index contributed by atoms with van der Waals surface area (Å²) in [6.45, 7) is 6.07. The zero-order chi connectivity index (χ0) is 22.7. The van der Waals surface area contributed by atoms with E-state index in [1.165, 1.54) is 11.1 Å². The average molecular weight is 435 g/mol. The smallest absolute Gasteiger partial charge is 0.323 e. The predicted molar refractivity (Wildman–Crippen MR) is 115 cm³/mol. The standard InChI is InChI=1S/C23H34N2O6/c1-13(2)7-15-12-25-6-5-14-8-20(29-3)21(30-4)9-16(14)18(25)11-19(15)31-23(28)17(24)10-22(26)27/h8-9,13,15,17-19H,5-7,10-12,24H2,1-4H3,(H,26,27)/t15-,17+,18-,19-/m1/s1. The number of nitrogens with two attached hydrogens (primary N) is 1. The van der Waals surface area contributed by atoms with Crippen LogP contribution in [0.4, 0.5) is 0 Å². The highest BCUT2D eigenvalue weighted by molar-refractivity contribution is 5.81. The van der Waals surface area contributed by atoms with Gasteiger partial charge >= 0.3 is 11.9 Å². The molecule has 172 valence electrons. The summed E-state index contributed by atoms with van der Waals surface area (Å²) in [5.74, 6) is 0.282. The molecule has 3 N–H and O–H groups in total. The Hall–Kier alpha value is -2.32. The zero-order valence-corrected chi connectivity index (χ0v) is 18.8. The molecule has 0 unspecified atom stereocenters. The fourth-order valence-corrected chi connectivity index (χ4v) is 4.89. The van der Waals surface area contributed by atoms with Crippen LogP contribution >= 0.6 is 0 Å². The number of methoxy groups -OCH3 is 2. The molecule has 0 radical (unpaired) electrons. The first kappa shape index (κ1) is 23.3. The normalized spacial score (nSPS) is 24.1. The third kappa shape index (κ3) is 5.30. The second-order valence-corrected chi connectivity index (χ2v) is 8.97. The number of hydrogen-bond donors (Lipinski definition) is 2. The fourth-order valence-electron chi connectivity index (χ4n) is 4.89. The summed E-state index contributed by atoms with van der Waals surface area (Å²) in [5.41, 5.74) is 8.15. The third-order valence-electron chi connectivity index (χ3n) is 6.30. The van der Waals surface area contributed by atoms with E-state index >= 15 is 0 Å². The number of ether oxygens (including phenoxy) is 3. The number of esters is 1. The number of hydrogen-bond acceptors (Lipinski definition) is 7. The maximum atomic E-state index is 12.5. The average Bonchev–Trinajstić information content (AvgIpc) is 2.72. The summed E-state index contributed by atoms with van der Waals surface area (Å²) in [5, 5.41) is 8.95. The van der Waals surface area contributed by atoms with Crippen molar-refractivity contribution >= 4 is 11.9 Å². The van der Waals surface area contributed by atoms with Gasteiger partial charge in [-0.3, -0.25) is 14.5 Å². The predicted octanol–water partition coefficient (Wildman–Crippen LogP) is 2.38. The van der Waals surface area contributed by atoms with Gasteiger partial charge in [0, 0.05) is 31.5 Å². The fraction of sp³-hybridized carbons (Fsp3) is 0.652. The van der Waals surface area contributed by atoms with E-state index in [9.17, 15) is 9.59 Å². The maximum Gasteiger partial charge on any atom is 0.323 e. The number of rotatable bonds is 8. The molecular formula is C23H34N2O6. The molecule has 0 spiro atoms. The second kappa shape index (κ2) is 9.87. The Labute approximate surface area is 183 Å². The molecule has 8 nitrogen and oxygen atoms in total. The summed E-state index contributed by atoms with van der Waals surface area (Å²) < 4.78 is 16.8. The summed E-state index contributed by atoms with van der Waals surface area (Å²) in [7, 11) is 3.26. The molecule has 3 rings (SSSR count). The monoisotopic (exact) mass is 434 g/mol. The number of aliphatic carboxylic acids is 1. The van der Waals surface area contributed by atoms with Crippen molar-refractivity contribution in [1.29, 1.82) is 0 Å². The molecule has 0 bridgehead atoms. The Morgan fingerprint density at radius 2 is 1.90 bits per heavy atom. The van der Waals surface area contributed by atoms with Gasteiger partial charge in [0.1, 0.15) is 12.1 Å². The molecule has 0 aliphatic carbocycles. The van der Waals surface area contributed by atoms with Gasteiger partial charge in [0.05, 0.1) is 20.6 Å². The van der Waals surface area contributed by atoms with Gasteiger partial charge in [-0.1, -0.05) is 13.8 Å². The topological polar surface area (TPSA) is 111 Å². The molecule has 1 saturated heterocycles. The summed E-state index contributed by atoms with van der Waals surface area (Å²) in [6, 6.07) is 3.01. The number of piperidine rings is 1. The first-order valence-corrected chi connectivity index (χ1v) is 10.9. The molecule has 2 aliphatic rings. The lowest BCUT2D eigenvalue weighted by Gasteiger charge is -2.47. The number of carbonyl (C=O) groups excluding carboxylic acids is 1. The highest BCUT2D eigenvalue weighted by Crippen LogP contribution is 2.44. The van der Waals surface area contributed by atoms with E-state index in [1.807, 2.05) is 12.1 Å². The van der Waals surface area contributed by atoms with Gasteiger partial charge in [-0.25, -0.2) is 0 Å². The summed E-state index contributed by atoms with van der Waals surface area (Å²) in [4.78, 5) is 25.9. The Kier molecular flexibility index (Phi) is 7.43. The maximum absolute atomic E-state index is 12.5. The highest BCUT2D eigenvalue weighted by Gasteiger charge is 2.41. The van der Waals surface area contributed by atoms with Crippen LogP contribution in [0.5, 0.6) is 11.5 Å². The Bertz CT molecular complexity index is 812. The van der Waals surface area contributed by atoms with Gasteiger partial charge in [-0.15, -0.1) is 0 Å². The van der Waals surface area contributed by atoms with E-state index in [2.05, 4.69) is 18.7 Å². The van der Waals surface area contributed by atoms with Crippen LogP contribution < -0.4 is 15.2 Å². The summed E-state index contributed by atoms with van der Waals surface area (Å²) in [6.07, 6.45) is 1.75. The second-order valence-electron chi connectivity index (χ2n) is 8.97. The molecule has 2 heterocycles. The molecule has 0 amide bonds. The van der Waals surface area contributed by atoms with Crippen LogP contribution in [0.3, 0.4) is 0 Å². The Morgan fingerprint density at radius 1 is 1.23 bits per heavy atom. The van der Waals surface area contributed by atoms with Crippen LogP contribution in [0.15, 0.2) is 12.1 Å². The third-order valence-corrected chi connectivity index (χ3v) is 6.30. The minimum absolute atomic E-state index is 0.0977. The molecule has 1 fully saturated rings. The van der Waals surface area contributed by atoms with Crippen molar-refractivity contribution < 1.29 is 28.9 Å². The highest BCUT2D eigenvalue weighted by atomic mass is 16.5. The number of carbonyl (C=O) groups is 2. The first-order chi connectivity index (χ1) is 14.7. The number of nitrogens with zero attached hydrogens (tertiary/aromatic N) is 1. The van der Waals surface area contributed by atoms with Crippen LogP contribution in [0.1, 0.15) is 50.3 Å². The molecule has 0 aromatic heterocycles. The number of fused-ring (bicyclic) bond motifs is 3. The Morgan fingerprint density at radius 3 is 2.52 bits per heavy atom. The molecule has 4 atom stereocenters. The zero-order valence-electron chi connectivity index (χ0n) is 18.8. The van der Waals surface area contributed by atoms with Crippen molar-refractivity contribution in [3.05, 3.63) is 23.3 Å². The van der Waals surface area contributed by atoms with Crippen LogP contribution in [0.25, 0.3) is 0 Å². The molecule has 1 aromatic rings. The van der Waals surface area contributed by atoms with Gasteiger partial charge in [0.2, 0.25) is 0 Å². The van der Waals surface area contributed by atoms with Crippen molar-refractivity contribution in [2.24, 2.45) is 17.6 Å². The minimum Gasteiger partial charge on any atom is -0.493 e. The van der Waals surface area contributed by atoms with Gasteiger partial charge in [0.15, 0.2) is 11.5 Å². The number of carboxylic acid groups (broad SMARTS) is 1. The van der Waals surface area contributed by atoms with E-state index in [1.54, 1.807) is 14.2 Å². The van der Waals surface area contributed by atoms with E-state index in [0.29, 0.717) is 23.8 Å². The molecular weight excluding hydrogens is 400 g/mol. The van der Waals surface area contributed by atoms with Crippen LogP contribution in [-0.2, 0) is 20.7 Å². The molecule has 31 heavy (non-hydrogen) atoms. The van der Waals surface area contributed by atoms with E-state index in [0.717, 1.165) is 25.9 Å². The van der Waals surface area contributed by atoms with E-state index < -0.39 is 24.4 Å². The van der Waals surface area contributed by atoms with Crippen LogP contribution in [0, 0.1) is 11.8 Å². The van der Waals surface area contributed by atoms with Crippen molar-refractivity contribution in [2.45, 2.75) is 57.7 Å². The number of carboxylic acids is 1. The van der Waals surface area contributed by atoms with Crippen molar-refractivity contribution in [1.82, 2.24) is 4.90 Å². The van der Waals surface area contributed by atoms with Crippen LogP contribution in [-0.4, -0.2) is 61.4 Å². The lowest BCUT2D eigenvalue weighted by atomic mass is 9.79. The SMILES string of the molecule is COc1cc2c(cc1OC)[C@H]1C[C@@H](OC(=O)[C@@H](N)CC(=O)O)[C@H](CC(C)C)CN1CC2. The van der Waals surface area contributed by atoms with Crippen LogP contribution in [0.2, 0.25) is 0 Å². The lowest BCUT2D eigenvalue weighted by Crippen LogP contribution is -2.50. The van der Waals surface area contributed by atoms with Gasteiger partial charge in [-0.2, -0.15) is 0 Å². The minimum atomic E-state index is -1.15. The lowest BCUT2D eigenvalue weighted by molar-refractivity contribution is -0.161. The quantitative estimate of drug-likeness (QED) is 0.600. The molecule has 0 saturated carbocycles. The molecule has 8 heteroatoms. The van der Waals surface area contributed by atoms with Gasteiger partial charge in [-0.05, 0) is 42.0 Å². The van der Waals surface area contributed by atoms with E-state index in [-0.39, 0.29) is 18.1 Å². The van der Waals surface area contributed by atoms with E-state index in [4.69, 9.17) is 25.1 Å². The van der Waals surface area contributed by atoms with Gasteiger partial charge in [0.25, 0.3) is 0 Å². The van der Waals surface area contributed by atoms with Crippen molar-refractivity contribution in [3.8, 4) is 11.5 Å². The van der Waals surface area contributed by atoms with Crippen molar-refractivity contribution in [2.75, 3.05) is 27.3 Å².